The lowest BCUT2D eigenvalue weighted by Crippen LogP contribution is -2.40. The Balaban J connectivity index is 0. The number of nitrogens with one attached hydrogen (secondary N) is 2. The van der Waals surface area contributed by atoms with Crippen molar-refractivity contribution in [1.82, 2.24) is 25.3 Å². The van der Waals surface area contributed by atoms with Crippen LogP contribution in [0.2, 0.25) is 0 Å². The number of aliphatic hydroxyl groups excluding tert-OH is 4. The quantitative estimate of drug-likeness (QED) is 0.0149. The highest BCUT2D eigenvalue weighted by Crippen LogP contribution is 2.24. The van der Waals surface area contributed by atoms with Crippen molar-refractivity contribution in [3.05, 3.63) is 48.6 Å². The van der Waals surface area contributed by atoms with Gasteiger partial charge in [-0.3, -0.25) is 14.6 Å². The van der Waals surface area contributed by atoms with Crippen molar-refractivity contribution in [2.45, 2.75) is 361 Å². The second-order valence-electron chi connectivity index (χ2n) is 26.7. The molecule has 13 heteroatoms. The Morgan fingerprint density at radius 1 is 0.380 bits per heavy atom. The van der Waals surface area contributed by atoms with Crippen molar-refractivity contribution in [1.29, 1.82) is 0 Å². The molecule has 0 bridgehead atoms. The zero-order valence-corrected chi connectivity index (χ0v) is 63.3. The molecule has 0 aliphatic carbocycles. The molecule has 544 valence electrons. The minimum absolute atomic E-state index is 0.121. The topological polar surface area (TPSA) is 149 Å². The van der Waals surface area contributed by atoms with Gasteiger partial charge in [0.15, 0.2) is 0 Å². The molecular weight excluding hydrogens is 1180 g/mol. The van der Waals surface area contributed by atoms with Crippen LogP contribution >= 0.6 is 21.6 Å². The molecule has 0 aromatic carbocycles. The van der Waals surface area contributed by atoms with Crippen LogP contribution in [0.15, 0.2) is 48.6 Å². The van der Waals surface area contributed by atoms with E-state index in [1.165, 1.54) is 161 Å². The van der Waals surface area contributed by atoms with Gasteiger partial charge in [-0.25, -0.2) is 0 Å². The number of unbranched alkanes of at least 4 members (excludes halogenated alkanes) is 29. The average molecular weight is 1340 g/mol. The second kappa shape index (κ2) is 76.8. The van der Waals surface area contributed by atoms with Gasteiger partial charge in [0, 0.05) is 57.2 Å². The maximum Gasteiger partial charge on any atom is 0.220 e. The Morgan fingerprint density at radius 3 is 1.09 bits per heavy atom. The fourth-order valence-electron chi connectivity index (χ4n) is 11.6. The van der Waals surface area contributed by atoms with Crippen molar-refractivity contribution in [3.63, 3.8) is 0 Å². The maximum absolute atomic E-state index is 13.1. The minimum atomic E-state index is -0.515. The molecular formula is C79H155N5O6S2. The van der Waals surface area contributed by atoms with E-state index in [4.69, 9.17) is 0 Å². The SMILES string of the molecule is CCCCC/C=C\C/C=C\CCCCCCC(O)CN(CCCCSSCCC(C=O)NC(=O)CCCN(CC(O)CCCCCCCCCC)CC(O)CCCCCCCCCC)CC(O)CCCCCC/C=C\C/C=C\CCCCC.CCN(CC)CCNC. The fourth-order valence-corrected chi connectivity index (χ4v) is 13.9. The zero-order valence-electron chi connectivity index (χ0n) is 61.7. The summed E-state index contributed by atoms with van der Waals surface area (Å²) in [6.45, 7) is 21.7. The first-order valence-corrected chi connectivity index (χ1v) is 41.6. The van der Waals surface area contributed by atoms with Crippen LogP contribution < -0.4 is 10.6 Å². The van der Waals surface area contributed by atoms with Crippen LogP contribution in [0.3, 0.4) is 0 Å². The summed E-state index contributed by atoms with van der Waals surface area (Å²) in [4.78, 5) is 32.0. The monoisotopic (exact) mass is 1330 g/mol. The van der Waals surface area contributed by atoms with Crippen molar-refractivity contribution in [2.24, 2.45) is 0 Å². The summed E-state index contributed by atoms with van der Waals surface area (Å²) in [6, 6.07) is -0.515. The lowest BCUT2D eigenvalue weighted by atomic mass is 10.0. The van der Waals surface area contributed by atoms with E-state index in [-0.39, 0.29) is 18.1 Å². The van der Waals surface area contributed by atoms with Gasteiger partial charge in [0.1, 0.15) is 6.29 Å². The number of rotatable bonds is 72. The van der Waals surface area contributed by atoms with Gasteiger partial charge in [-0.1, -0.05) is 279 Å². The number of carbonyl (C=O) groups excluding carboxylic acids is 2. The number of aliphatic hydroxyl groups is 4. The zero-order chi connectivity index (χ0) is 67.7. The van der Waals surface area contributed by atoms with Crippen molar-refractivity contribution >= 4 is 33.8 Å². The normalized spacial score (nSPS) is 13.8. The molecule has 0 spiro atoms. The van der Waals surface area contributed by atoms with E-state index in [9.17, 15) is 30.0 Å². The third-order valence-corrected chi connectivity index (χ3v) is 20.2. The molecule has 0 aromatic heterocycles. The summed E-state index contributed by atoms with van der Waals surface area (Å²) in [6.07, 6.45) is 67.6. The Bertz CT molecular complexity index is 1520. The Morgan fingerprint density at radius 2 is 0.717 bits per heavy atom. The molecule has 0 saturated heterocycles. The van der Waals surface area contributed by atoms with E-state index in [1.807, 2.05) is 17.8 Å². The van der Waals surface area contributed by atoms with Crippen molar-refractivity contribution in [3.8, 4) is 0 Å². The Hall–Kier alpha value is -1.52. The first kappa shape index (κ1) is 92.5. The third kappa shape index (κ3) is 71.3. The van der Waals surface area contributed by atoms with Gasteiger partial charge < -0.3 is 40.8 Å². The number of hydrogen-bond donors (Lipinski definition) is 6. The molecule has 6 N–H and O–H groups in total. The van der Waals surface area contributed by atoms with Crippen molar-refractivity contribution < 1.29 is 30.0 Å². The van der Waals surface area contributed by atoms with Gasteiger partial charge >= 0.3 is 0 Å². The van der Waals surface area contributed by atoms with E-state index >= 15 is 0 Å². The highest BCUT2D eigenvalue weighted by molar-refractivity contribution is 8.76. The second-order valence-corrected chi connectivity index (χ2v) is 29.4. The lowest BCUT2D eigenvalue weighted by Gasteiger charge is -2.27. The maximum atomic E-state index is 13.1. The van der Waals surface area contributed by atoms with Crippen molar-refractivity contribution in [2.75, 3.05) is 84.0 Å². The van der Waals surface area contributed by atoms with Crippen LogP contribution in [-0.2, 0) is 9.59 Å². The molecule has 11 nitrogen and oxygen atoms in total. The molecule has 0 aliphatic rings. The Kier molecular flexibility index (Phi) is 77.3. The Labute approximate surface area is 579 Å². The molecule has 0 aromatic rings. The number of aldehydes is 1. The number of carbonyl (C=O) groups is 2. The van der Waals surface area contributed by atoms with Gasteiger partial charge in [0.25, 0.3) is 0 Å². The summed E-state index contributed by atoms with van der Waals surface area (Å²) in [5.74, 6) is 1.63. The summed E-state index contributed by atoms with van der Waals surface area (Å²) < 4.78 is 0. The first-order chi connectivity index (χ1) is 45.0. The molecule has 0 heterocycles. The van der Waals surface area contributed by atoms with Crippen LogP contribution in [0.25, 0.3) is 0 Å². The summed E-state index contributed by atoms with van der Waals surface area (Å²) in [5, 5.41) is 50.5. The number of amides is 1. The molecule has 0 aliphatic heterocycles. The molecule has 0 rings (SSSR count). The van der Waals surface area contributed by atoms with E-state index in [2.05, 4.69) is 115 Å². The lowest BCUT2D eigenvalue weighted by molar-refractivity contribution is -0.124. The highest BCUT2D eigenvalue weighted by Gasteiger charge is 2.19. The van der Waals surface area contributed by atoms with Crippen LogP contribution in [0.4, 0.5) is 0 Å². The predicted octanol–water partition coefficient (Wildman–Crippen LogP) is 19.5. The number of nitrogens with zero attached hydrogens (tertiary/aromatic N) is 3. The molecule has 0 radical (unpaired) electrons. The standard InChI is InChI=1S/C72H137N3O6S2.C7H18N2/c1-5-9-13-17-21-25-27-29-31-33-35-39-43-47-52-68(77)62-74(63-69(78)53-48-44-40-36-34-32-30-28-26-22-18-14-10-6-2)58-49-50-60-82-83-61-57-67(66-76)73-72(81)56-51-59-75(64-70(79)54-45-41-37-23-19-15-11-7-3)65-71(80)55-46-42-38-24-20-16-12-8-4;1-4-9(5-2)7-6-8-3/h21-22,25-26,29-32,66-71,77-80H,5-20,23-24,27-28,33-65H2,1-4H3,(H,73,81);8H,4-7H2,1-3H3/b25-21-,26-22-,31-29-,32-30-;. The average Bonchev–Trinajstić information content (AvgIpc) is 3.71. The predicted molar refractivity (Wildman–Crippen MR) is 409 cm³/mol. The van der Waals surface area contributed by atoms with Crippen LogP contribution in [0.5, 0.6) is 0 Å². The third-order valence-electron chi connectivity index (χ3n) is 17.6. The van der Waals surface area contributed by atoms with E-state index in [0.29, 0.717) is 52.0 Å². The highest BCUT2D eigenvalue weighted by atomic mass is 33.1. The van der Waals surface area contributed by atoms with Gasteiger partial charge in [0.05, 0.1) is 30.5 Å². The van der Waals surface area contributed by atoms with Crippen LogP contribution in [0, 0.1) is 0 Å². The first-order valence-electron chi connectivity index (χ1n) is 39.2. The molecule has 0 saturated carbocycles. The van der Waals surface area contributed by atoms with E-state index in [1.54, 1.807) is 10.8 Å². The molecule has 5 atom stereocenters. The minimum Gasteiger partial charge on any atom is -0.392 e. The number of hydrogen-bond acceptors (Lipinski definition) is 12. The summed E-state index contributed by atoms with van der Waals surface area (Å²) in [5.41, 5.74) is 0. The van der Waals surface area contributed by atoms with Crippen LogP contribution in [-0.4, -0.2) is 162 Å². The largest absolute Gasteiger partial charge is 0.392 e. The van der Waals surface area contributed by atoms with E-state index in [0.717, 1.165) is 160 Å². The van der Waals surface area contributed by atoms with Gasteiger partial charge in [0.2, 0.25) is 5.91 Å². The van der Waals surface area contributed by atoms with Gasteiger partial charge in [-0.2, -0.15) is 0 Å². The molecule has 5 unspecified atom stereocenters. The molecule has 1 amide bonds. The van der Waals surface area contributed by atoms with Gasteiger partial charge in [-0.05, 0) is 149 Å². The molecule has 0 fully saturated rings. The van der Waals surface area contributed by atoms with Gasteiger partial charge in [-0.15, -0.1) is 0 Å². The van der Waals surface area contributed by atoms with Crippen LogP contribution in [0.1, 0.15) is 330 Å². The summed E-state index contributed by atoms with van der Waals surface area (Å²) in [7, 11) is 5.56. The number of allylic oxidation sites excluding steroid dienone is 8. The summed E-state index contributed by atoms with van der Waals surface area (Å²) >= 11 is 0. The number of likely N-dealkylation sites (N-methyl/N-ethyl adjacent to an activating group) is 2. The smallest absolute Gasteiger partial charge is 0.220 e. The fraction of sp³-hybridized carbons (Fsp3) is 0.873. The van der Waals surface area contributed by atoms with E-state index < -0.39 is 18.2 Å². The molecule has 92 heavy (non-hydrogen) atoms.